The van der Waals surface area contributed by atoms with E-state index in [2.05, 4.69) is 26.0 Å². The number of hydrogen-bond donors (Lipinski definition) is 2. The van der Waals surface area contributed by atoms with Crippen molar-refractivity contribution in [3.63, 3.8) is 0 Å². The van der Waals surface area contributed by atoms with E-state index in [0.717, 1.165) is 11.3 Å². The highest BCUT2D eigenvalue weighted by Gasteiger charge is 2.21. The average Bonchev–Trinajstić information content (AvgIpc) is 3.07. The van der Waals surface area contributed by atoms with E-state index in [-0.39, 0.29) is 15.5 Å². The third-order valence-corrected chi connectivity index (χ3v) is 6.65. The maximum absolute atomic E-state index is 12.5. The van der Waals surface area contributed by atoms with Crippen LogP contribution in [0.4, 0.5) is 5.69 Å². The van der Waals surface area contributed by atoms with Gasteiger partial charge in [0.1, 0.15) is 4.21 Å². The Balaban J connectivity index is 2.06. The first kappa shape index (κ1) is 21.4. The molecule has 0 spiro atoms. The molecule has 1 aromatic heterocycles. The summed E-state index contributed by atoms with van der Waals surface area (Å²) in [6.45, 7) is 0.143. The summed E-state index contributed by atoms with van der Waals surface area (Å²) in [4.78, 5) is 23.9. The summed E-state index contributed by atoms with van der Waals surface area (Å²) in [5, 5.41) is 2.51. The molecule has 0 bridgehead atoms. The molecule has 146 valence electrons. The highest BCUT2D eigenvalue weighted by molar-refractivity contribution is 9.11. The first-order valence-electron chi connectivity index (χ1n) is 7.63. The normalized spacial score (nSPS) is 11.0. The Labute approximate surface area is 169 Å². The van der Waals surface area contributed by atoms with Gasteiger partial charge in [-0.1, -0.05) is 12.1 Å². The van der Waals surface area contributed by atoms with Gasteiger partial charge in [0.2, 0.25) is 0 Å². The second-order valence-corrected chi connectivity index (χ2v) is 9.50. The highest BCUT2D eigenvalue weighted by Crippen LogP contribution is 2.28. The molecule has 0 aliphatic rings. The van der Waals surface area contributed by atoms with Gasteiger partial charge in [0.25, 0.3) is 15.9 Å². The SMILES string of the molecule is COCCNC(=O)COC(=O)c1ccccc1NS(=O)(=O)c1ccc(Br)s1. The van der Waals surface area contributed by atoms with Crippen molar-refractivity contribution in [1.29, 1.82) is 0 Å². The molecule has 0 saturated carbocycles. The Morgan fingerprint density at radius 3 is 2.59 bits per heavy atom. The minimum absolute atomic E-state index is 0.00129. The van der Waals surface area contributed by atoms with Gasteiger partial charge in [-0.25, -0.2) is 13.2 Å². The minimum Gasteiger partial charge on any atom is -0.452 e. The van der Waals surface area contributed by atoms with E-state index in [1.807, 2.05) is 0 Å². The second-order valence-electron chi connectivity index (χ2n) is 5.13. The number of benzene rings is 1. The molecule has 0 fully saturated rings. The van der Waals surface area contributed by atoms with Crippen LogP contribution in [0.25, 0.3) is 0 Å². The van der Waals surface area contributed by atoms with Gasteiger partial charge in [-0.05, 0) is 40.2 Å². The molecular formula is C16H17BrN2O6S2. The van der Waals surface area contributed by atoms with E-state index in [1.54, 1.807) is 18.2 Å². The fraction of sp³-hybridized carbons (Fsp3) is 0.250. The molecule has 2 rings (SSSR count). The number of methoxy groups -OCH3 is 1. The molecule has 2 aromatic rings. The number of carbonyl (C=O) groups excluding carboxylic acids is 2. The van der Waals surface area contributed by atoms with Crippen LogP contribution in [-0.4, -0.2) is 47.2 Å². The fourth-order valence-electron chi connectivity index (χ4n) is 1.94. The average molecular weight is 477 g/mol. The van der Waals surface area contributed by atoms with Gasteiger partial charge in [-0.2, -0.15) is 0 Å². The Morgan fingerprint density at radius 2 is 1.93 bits per heavy atom. The van der Waals surface area contributed by atoms with Gasteiger partial charge >= 0.3 is 5.97 Å². The van der Waals surface area contributed by atoms with Gasteiger partial charge < -0.3 is 14.8 Å². The number of rotatable bonds is 9. The fourth-order valence-corrected chi connectivity index (χ4v) is 5.03. The van der Waals surface area contributed by atoms with Gasteiger partial charge in [-0.3, -0.25) is 9.52 Å². The van der Waals surface area contributed by atoms with Crippen molar-refractivity contribution in [3.8, 4) is 0 Å². The van der Waals surface area contributed by atoms with Crippen LogP contribution in [0, 0.1) is 0 Å². The molecule has 1 aromatic carbocycles. The third-order valence-electron chi connectivity index (χ3n) is 3.17. The van der Waals surface area contributed by atoms with Crippen molar-refractivity contribution in [3.05, 3.63) is 45.7 Å². The Hall–Kier alpha value is -1.95. The summed E-state index contributed by atoms with van der Waals surface area (Å²) in [5.74, 6) is -1.30. The number of sulfonamides is 1. The number of thiophene rings is 1. The van der Waals surface area contributed by atoms with Crippen molar-refractivity contribution < 1.29 is 27.5 Å². The number of anilines is 1. The molecular weight excluding hydrogens is 460 g/mol. The molecule has 0 atom stereocenters. The Kier molecular flexibility index (Phi) is 7.78. The monoisotopic (exact) mass is 476 g/mol. The quantitative estimate of drug-likeness (QED) is 0.424. The number of esters is 1. The summed E-state index contributed by atoms with van der Waals surface area (Å²) < 4.78 is 37.8. The molecule has 0 aliphatic heterocycles. The van der Waals surface area contributed by atoms with Crippen LogP contribution in [0.1, 0.15) is 10.4 Å². The molecule has 2 N–H and O–H groups in total. The zero-order chi connectivity index (χ0) is 19.9. The van der Waals surface area contributed by atoms with E-state index >= 15 is 0 Å². The van der Waals surface area contributed by atoms with Crippen LogP contribution in [0.3, 0.4) is 0 Å². The number of halogens is 1. The lowest BCUT2D eigenvalue weighted by atomic mass is 10.2. The van der Waals surface area contributed by atoms with Crippen molar-refractivity contribution in [2.75, 3.05) is 31.6 Å². The summed E-state index contributed by atoms with van der Waals surface area (Å²) in [6.07, 6.45) is 0. The van der Waals surface area contributed by atoms with E-state index < -0.39 is 28.5 Å². The summed E-state index contributed by atoms with van der Waals surface area (Å²) >= 11 is 4.25. The number of carbonyl (C=O) groups is 2. The predicted molar refractivity (Wildman–Crippen MR) is 104 cm³/mol. The number of hydrogen-bond acceptors (Lipinski definition) is 7. The Bertz CT molecular complexity index is 913. The molecule has 11 heteroatoms. The van der Waals surface area contributed by atoms with E-state index in [1.165, 1.54) is 25.3 Å². The maximum Gasteiger partial charge on any atom is 0.340 e. The summed E-state index contributed by atoms with van der Waals surface area (Å²) in [5.41, 5.74) is 0.0631. The lowest BCUT2D eigenvalue weighted by Crippen LogP contribution is -2.31. The summed E-state index contributed by atoms with van der Waals surface area (Å²) in [7, 11) is -2.36. The second kappa shape index (κ2) is 9.83. The van der Waals surface area contributed by atoms with E-state index in [0.29, 0.717) is 16.9 Å². The predicted octanol–water partition coefficient (Wildman–Crippen LogP) is 2.23. The van der Waals surface area contributed by atoms with Crippen molar-refractivity contribution >= 4 is 54.9 Å². The number of amides is 1. The number of ether oxygens (including phenoxy) is 2. The molecule has 8 nitrogen and oxygen atoms in total. The molecule has 1 heterocycles. The first-order chi connectivity index (χ1) is 12.8. The lowest BCUT2D eigenvalue weighted by molar-refractivity contribution is -0.124. The van der Waals surface area contributed by atoms with Gasteiger partial charge in [0.05, 0.1) is 21.6 Å². The standard InChI is InChI=1S/C16H17BrN2O6S2/c1-24-9-8-18-14(20)10-25-16(21)11-4-2-3-5-12(11)19-27(22,23)15-7-6-13(17)26-15/h2-7,19H,8-10H2,1H3,(H,18,20). The molecule has 0 saturated heterocycles. The first-order valence-corrected chi connectivity index (χ1v) is 10.7. The van der Waals surface area contributed by atoms with Crippen LogP contribution in [0.5, 0.6) is 0 Å². The van der Waals surface area contributed by atoms with Crippen LogP contribution < -0.4 is 10.0 Å². The molecule has 0 radical (unpaired) electrons. The topological polar surface area (TPSA) is 111 Å². The highest BCUT2D eigenvalue weighted by atomic mass is 79.9. The zero-order valence-electron chi connectivity index (χ0n) is 14.2. The summed E-state index contributed by atoms with van der Waals surface area (Å²) in [6, 6.07) is 9.05. The lowest BCUT2D eigenvalue weighted by Gasteiger charge is -2.11. The third kappa shape index (κ3) is 6.31. The van der Waals surface area contributed by atoms with Gasteiger partial charge in [0, 0.05) is 13.7 Å². The van der Waals surface area contributed by atoms with Crippen molar-refractivity contribution in [2.45, 2.75) is 4.21 Å². The van der Waals surface area contributed by atoms with Gasteiger partial charge in [0.15, 0.2) is 6.61 Å². The van der Waals surface area contributed by atoms with Crippen LogP contribution >= 0.6 is 27.3 Å². The van der Waals surface area contributed by atoms with Crippen molar-refractivity contribution in [2.24, 2.45) is 0 Å². The zero-order valence-corrected chi connectivity index (χ0v) is 17.4. The van der Waals surface area contributed by atoms with E-state index in [4.69, 9.17) is 9.47 Å². The minimum atomic E-state index is -3.86. The van der Waals surface area contributed by atoms with Crippen LogP contribution in [-0.2, 0) is 24.3 Å². The maximum atomic E-state index is 12.5. The molecule has 27 heavy (non-hydrogen) atoms. The largest absolute Gasteiger partial charge is 0.452 e. The van der Waals surface area contributed by atoms with Crippen LogP contribution in [0.2, 0.25) is 0 Å². The number of para-hydroxylation sites is 1. The number of nitrogens with one attached hydrogen (secondary N) is 2. The Morgan fingerprint density at radius 1 is 1.19 bits per heavy atom. The smallest absolute Gasteiger partial charge is 0.340 e. The van der Waals surface area contributed by atoms with Crippen molar-refractivity contribution in [1.82, 2.24) is 5.32 Å². The molecule has 1 amide bonds. The molecule has 0 aliphatic carbocycles. The van der Waals surface area contributed by atoms with Gasteiger partial charge in [-0.15, -0.1) is 11.3 Å². The van der Waals surface area contributed by atoms with E-state index in [9.17, 15) is 18.0 Å². The van der Waals surface area contributed by atoms with Crippen LogP contribution in [0.15, 0.2) is 44.4 Å². The molecule has 0 unspecified atom stereocenters.